The van der Waals surface area contributed by atoms with Gasteiger partial charge in [-0.3, -0.25) is 9.59 Å². The van der Waals surface area contributed by atoms with E-state index in [2.05, 4.69) is 50.3 Å². The minimum absolute atomic E-state index is 0.183. The monoisotopic (exact) mass is 751 g/mol. The number of nitrogens with zero attached hydrogens (tertiary/aromatic N) is 1. The van der Waals surface area contributed by atoms with Gasteiger partial charge in [-0.2, -0.15) is 0 Å². The van der Waals surface area contributed by atoms with E-state index >= 15 is 0 Å². The number of hydrogen-bond donors (Lipinski definition) is 1. The van der Waals surface area contributed by atoms with Crippen LogP contribution < -0.4 is 0 Å². The van der Waals surface area contributed by atoms with Crippen LogP contribution >= 0.6 is 0 Å². The second-order valence-corrected chi connectivity index (χ2v) is 15.3. The van der Waals surface area contributed by atoms with Gasteiger partial charge in [0.05, 0.1) is 34.4 Å². The standard InChI is InChI=1S/C44H79NO8/c1-6-8-10-12-14-16-18-20-21-23-24-26-28-30-32-34-41(46)51-38-40(39-52-44(43(48)49)50-37-36-45(3,4)5)53-42(47)35-33-31-29-27-25-22-19-17-15-13-11-9-7-2/h11,13,17,19-21,40,44H,6-10,12,14-16,18,22-39H2,1-5H3/p+1/b13-11-,19-17-,21-20-. The fourth-order valence-corrected chi connectivity index (χ4v) is 5.51. The van der Waals surface area contributed by atoms with Gasteiger partial charge in [-0.05, 0) is 64.2 Å². The number of unbranched alkanes of at least 4 members (excludes halogenated alkanes) is 17. The van der Waals surface area contributed by atoms with Crippen molar-refractivity contribution in [3.8, 4) is 0 Å². The van der Waals surface area contributed by atoms with Gasteiger partial charge in [-0.15, -0.1) is 0 Å². The van der Waals surface area contributed by atoms with Crippen LogP contribution in [-0.2, 0) is 33.3 Å². The van der Waals surface area contributed by atoms with Gasteiger partial charge in [0.2, 0.25) is 0 Å². The van der Waals surface area contributed by atoms with Crippen LogP contribution in [-0.4, -0.2) is 87.4 Å². The first-order chi connectivity index (χ1) is 25.6. The zero-order valence-corrected chi connectivity index (χ0v) is 34.7. The van der Waals surface area contributed by atoms with Gasteiger partial charge in [0.1, 0.15) is 13.2 Å². The third-order valence-corrected chi connectivity index (χ3v) is 8.85. The van der Waals surface area contributed by atoms with Crippen molar-refractivity contribution in [3.05, 3.63) is 36.5 Å². The zero-order chi connectivity index (χ0) is 39.3. The molecule has 0 bridgehead atoms. The number of carboxylic acid groups (broad SMARTS) is 1. The van der Waals surface area contributed by atoms with E-state index in [1.54, 1.807) is 0 Å². The molecule has 0 aliphatic heterocycles. The SMILES string of the molecule is CCC/C=C\C/C=C\CCCCCCCC(=O)OC(COC(=O)CCCCCCC/C=C\CCCCCCCC)COC(OCC[N+](C)(C)C)C(=O)O. The number of allylic oxidation sites excluding steroid dienone is 6. The van der Waals surface area contributed by atoms with E-state index in [0.717, 1.165) is 83.5 Å². The first-order valence-electron chi connectivity index (χ1n) is 21.2. The molecule has 0 fully saturated rings. The van der Waals surface area contributed by atoms with E-state index < -0.39 is 24.3 Å². The van der Waals surface area contributed by atoms with Crippen LogP contribution in [0.25, 0.3) is 0 Å². The number of rotatable bonds is 38. The predicted octanol–water partition coefficient (Wildman–Crippen LogP) is 10.7. The molecule has 308 valence electrons. The van der Waals surface area contributed by atoms with Crippen LogP contribution in [0, 0.1) is 0 Å². The Balaban J connectivity index is 4.51. The zero-order valence-electron chi connectivity index (χ0n) is 34.7. The number of likely N-dealkylation sites (N-methyl/N-ethyl adjacent to an activating group) is 1. The highest BCUT2D eigenvalue weighted by atomic mass is 16.7. The van der Waals surface area contributed by atoms with Crippen LogP contribution in [0.3, 0.4) is 0 Å². The maximum Gasteiger partial charge on any atom is 0.361 e. The van der Waals surface area contributed by atoms with Gasteiger partial charge in [-0.25, -0.2) is 4.79 Å². The summed E-state index contributed by atoms with van der Waals surface area (Å²) in [7, 11) is 5.94. The van der Waals surface area contributed by atoms with Crippen molar-refractivity contribution in [1.29, 1.82) is 0 Å². The number of carboxylic acids is 1. The molecule has 0 saturated heterocycles. The minimum Gasteiger partial charge on any atom is -0.477 e. The van der Waals surface area contributed by atoms with Crippen molar-refractivity contribution in [3.63, 3.8) is 0 Å². The molecule has 0 aliphatic carbocycles. The van der Waals surface area contributed by atoms with Crippen molar-refractivity contribution < 1.29 is 42.9 Å². The van der Waals surface area contributed by atoms with Gasteiger partial charge in [-0.1, -0.05) is 127 Å². The van der Waals surface area contributed by atoms with Gasteiger partial charge in [0, 0.05) is 12.8 Å². The van der Waals surface area contributed by atoms with Gasteiger partial charge >= 0.3 is 17.9 Å². The van der Waals surface area contributed by atoms with Crippen molar-refractivity contribution in [1.82, 2.24) is 0 Å². The number of aliphatic carboxylic acids is 1. The van der Waals surface area contributed by atoms with Crippen molar-refractivity contribution >= 4 is 17.9 Å². The Kier molecular flexibility index (Phi) is 34.8. The number of quaternary nitrogens is 1. The first-order valence-corrected chi connectivity index (χ1v) is 21.2. The fourth-order valence-electron chi connectivity index (χ4n) is 5.51. The van der Waals surface area contributed by atoms with Crippen LogP contribution in [0.15, 0.2) is 36.5 Å². The van der Waals surface area contributed by atoms with E-state index in [1.165, 1.54) is 51.4 Å². The second kappa shape index (κ2) is 36.5. The Morgan fingerprint density at radius 3 is 1.58 bits per heavy atom. The average Bonchev–Trinajstić information content (AvgIpc) is 3.11. The summed E-state index contributed by atoms with van der Waals surface area (Å²) in [6, 6.07) is 0. The number of carbonyl (C=O) groups excluding carboxylic acids is 2. The molecular weight excluding hydrogens is 670 g/mol. The van der Waals surface area contributed by atoms with Gasteiger partial charge < -0.3 is 28.5 Å². The highest BCUT2D eigenvalue weighted by molar-refractivity contribution is 5.71. The summed E-state index contributed by atoms with van der Waals surface area (Å²) in [5, 5.41) is 9.61. The topological polar surface area (TPSA) is 108 Å². The highest BCUT2D eigenvalue weighted by Gasteiger charge is 2.25. The van der Waals surface area contributed by atoms with E-state index in [9.17, 15) is 19.5 Å². The Hall–Kier alpha value is -2.49. The molecule has 0 aromatic carbocycles. The van der Waals surface area contributed by atoms with Crippen LogP contribution in [0.5, 0.6) is 0 Å². The highest BCUT2D eigenvalue weighted by Crippen LogP contribution is 2.13. The summed E-state index contributed by atoms with van der Waals surface area (Å²) in [5.74, 6) is -2.04. The Bertz CT molecular complexity index is 971. The lowest BCUT2D eigenvalue weighted by atomic mass is 10.1. The quantitative estimate of drug-likeness (QED) is 0.0218. The lowest BCUT2D eigenvalue weighted by molar-refractivity contribution is -0.870. The number of hydrogen-bond acceptors (Lipinski definition) is 7. The number of carbonyl (C=O) groups is 3. The van der Waals surface area contributed by atoms with E-state index in [-0.39, 0.29) is 38.6 Å². The summed E-state index contributed by atoms with van der Waals surface area (Å²) in [4.78, 5) is 37.0. The second-order valence-electron chi connectivity index (χ2n) is 15.3. The molecule has 9 nitrogen and oxygen atoms in total. The smallest absolute Gasteiger partial charge is 0.361 e. The molecule has 53 heavy (non-hydrogen) atoms. The number of esters is 2. The molecule has 0 amide bonds. The Labute approximate surface area is 324 Å². The summed E-state index contributed by atoms with van der Waals surface area (Å²) in [6.45, 7) is 4.76. The van der Waals surface area contributed by atoms with Crippen molar-refractivity contribution in [2.24, 2.45) is 0 Å². The Morgan fingerprint density at radius 2 is 1.06 bits per heavy atom. The summed E-state index contributed by atoms with van der Waals surface area (Å²) < 4.78 is 22.6. The third-order valence-electron chi connectivity index (χ3n) is 8.85. The molecule has 2 unspecified atom stereocenters. The molecule has 9 heteroatoms. The first kappa shape index (κ1) is 50.5. The van der Waals surface area contributed by atoms with Crippen LogP contribution in [0.1, 0.15) is 168 Å². The molecular formula is C44H80NO8+. The van der Waals surface area contributed by atoms with Crippen molar-refractivity contribution in [2.75, 3.05) is 47.5 Å². The molecule has 0 aromatic heterocycles. The lowest BCUT2D eigenvalue weighted by Crippen LogP contribution is -2.40. The molecule has 1 N–H and O–H groups in total. The molecule has 0 saturated carbocycles. The minimum atomic E-state index is -1.51. The molecule has 0 heterocycles. The Morgan fingerprint density at radius 1 is 0.566 bits per heavy atom. The van der Waals surface area contributed by atoms with Crippen molar-refractivity contribution in [2.45, 2.75) is 180 Å². The van der Waals surface area contributed by atoms with E-state index in [0.29, 0.717) is 17.4 Å². The van der Waals surface area contributed by atoms with Crippen LogP contribution in [0.4, 0.5) is 0 Å². The fraction of sp³-hybridized carbons (Fsp3) is 0.795. The molecule has 0 aliphatic rings. The maximum absolute atomic E-state index is 12.7. The summed E-state index contributed by atoms with van der Waals surface area (Å²) in [6.07, 6.45) is 36.3. The molecule has 0 rings (SSSR count). The maximum atomic E-state index is 12.7. The molecule has 2 atom stereocenters. The summed E-state index contributed by atoms with van der Waals surface area (Å²) >= 11 is 0. The average molecular weight is 751 g/mol. The normalized spacial score (nSPS) is 13.3. The molecule has 0 radical (unpaired) electrons. The van der Waals surface area contributed by atoms with Crippen LogP contribution in [0.2, 0.25) is 0 Å². The summed E-state index contributed by atoms with van der Waals surface area (Å²) in [5.41, 5.74) is 0. The van der Waals surface area contributed by atoms with Gasteiger partial charge in [0.25, 0.3) is 6.29 Å². The van der Waals surface area contributed by atoms with E-state index in [4.69, 9.17) is 18.9 Å². The predicted molar refractivity (Wildman–Crippen MR) is 217 cm³/mol. The van der Waals surface area contributed by atoms with Gasteiger partial charge in [0.15, 0.2) is 6.10 Å². The molecule has 0 spiro atoms. The third kappa shape index (κ3) is 37.6. The molecule has 0 aromatic rings. The van der Waals surface area contributed by atoms with E-state index in [1.807, 2.05) is 21.1 Å². The largest absolute Gasteiger partial charge is 0.477 e. The lowest BCUT2D eigenvalue weighted by Gasteiger charge is -2.25. The number of ether oxygens (including phenoxy) is 4.